The molecule has 0 bridgehead atoms. The van der Waals surface area contributed by atoms with Gasteiger partial charge in [-0.3, -0.25) is 0 Å². The Morgan fingerprint density at radius 2 is 1.79 bits per heavy atom. The van der Waals surface area contributed by atoms with Gasteiger partial charge < -0.3 is 9.47 Å². The van der Waals surface area contributed by atoms with Gasteiger partial charge in [-0.15, -0.1) is 0 Å². The third-order valence-corrected chi connectivity index (χ3v) is 1.89. The second-order valence-electron chi connectivity index (χ2n) is 2.36. The van der Waals surface area contributed by atoms with Gasteiger partial charge in [0, 0.05) is 0 Å². The molecular weight excluding hydrogens is 208 g/mol. The molecular formula is C9H13ClO4. The fourth-order valence-corrected chi connectivity index (χ4v) is 1.11. The van der Waals surface area contributed by atoms with Crippen LogP contribution in [-0.4, -0.2) is 25.7 Å². The fraction of sp³-hybridized carbons (Fsp3) is 0.556. The van der Waals surface area contributed by atoms with Crippen molar-refractivity contribution in [2.24, 2.45) is 0 Å². The van der Waals surface area contributed by atoms with E-state index in [0.29, 0.717) is 6.42 Å². The highest BCUT2D eigenvalue weighted by Crippen LogP contribution is 2.16. The molecule has 0 aromatic rings. The van der Waals surface area contributed by atoms with Gasteiger partial charge in [0.25, 0.3) is 0 Å². The first-order chi connectivity index (χ1) is 6.58. The first-order valence-electron chi connectivity index (χ1n) is 4.22. The van der Waals surface area contributed by atoms with Gasteiger partial charge in [-0.05, 0) is 13.3 Å². The predicted molar refractivity (Wildman–Crippen MR) is 51.8 cm³/mol. The van der Waals surface area contributed by atoms with Crippen molar-refractivity contribution >= 4 is 23.5 Å². The zero-order chi connectivity index (χ0) is 11.1. The summed E-state index contributed by atoms with van der Waals surface area (Å²) in [4.78, 5) is 22.3. The molecule has 0 atom stereocenters. The normalized spacial score (nSPS) is 11.7. The molecule has 0 N–H and O–H groups in total. The molecule has 0 aliphatic heterocycles. The van der Waals surface area contributed by atoms with E-state index in [2.05, 4.69) is 4.74 Å². The zero-order valence-corrected chi connectivity index (χ0v) is 9.18. The first kappa shape index (κ1) is 13.0. The average Bonchev–Trinajstić information content (AvgIpc) is 2.18. The van der Waals surface area contributed by atoms with Gasteiger partial charge in [0.2, 0.25) is 0 Å². The largest absolute Gasteiger partial charge is 0.465 e. The molecule has 4 nitrogen and oxygen atoms in total. The van der Waals surface area contributed by atoms with Crippen molar-refractivity contribution in [3.05, 3.63) is 10.6 Å². The van der Waals surface area contributed by atoms with Gasteiger partial charge in [-0.25, -0.2) is 9.59 Å². The second-order valence-corrected chi connectivity index (χ2v) is 2.74. The van der Waals surface area contributed by atoms with Crippen LogP contribution in [0.2, 0.25) is 0 Å². The zero-order valence-electron chi connectivity index (χ0n) is 8.43. The quantitative estimate of drug-likeness (QED) is 0.534. The lowest BCUT2D eigenvalue weighted by atomic mass is 10.2. The van der Waals surface area contributed by atoms with E-state index in [1.807, 2.05) is 0 Å². The number of rotatable bonds is 4. The third-order valence-electron chi connectivity index (χ3n) is 1.50. The van der Waals surface area contributed by atoms with E-state index in [0.717, 1.165) is 0 Å². The summed E-state index contributed by atoms with van der Waals surface area (Å²) in [7, 11) is 1.20. The monoisotopic (exact) mass is 220 g/mol. The van der Waals surface area contributed by atoms with Crippen LogP contribution in [0.25, 0.3) is 0 Å². The number of ether oxygens (including phenoxy) is 2. The molecule has 0 aliphatic carbocycles. The van der Waals surface area contributed by atoms with E-state index in [-0.39, 0.29) is 17.2 Å². The number of hydrogen-bond acceptors (Lipinski definition) is 4. The molecule has 0 saturated carbocycles. The summed E-state index contributed by atoms with van der Waals surface area (Å²) >= 11 is 5.63. The van der Waals surface area contributed by atoms with Crippen LogP contribution in [0.15, 0.2) is 10.6 Å². The molecule has 0 aromatic heterocycles. The Morgan fingerprint density at radius 3 is 2.14 bits per heavy atom. The maximum absolute atomic E-state index is 11.3. The smallest absolute Gasteiger partial charge is 0.350 e. The van der Waals surface area contributed by atoms with Crippen LogP contribution in [0.1, 0.15) is 20.3 Å². The standard InChI is InChI=1S/C9H13ClO4/c1-4-6(8(11)14-5-2)7(10)9(12)13-3/h4-5H2,1-3H3/b7-6+. The Morgan fingerprint density at radius 1 is 1.21 bits per heavy atom. The Hall–Kier alpha value is -1.03. The summed E-state index contributed by atoms with van der Waals surface area (Å²) in [5.74, 6) is -1.30. The van der Waals surface area contributed by atoms with Crippen molar-refractivity contribution < 1.29 is 19.1 Å². The Bertz CT molecular complexity index is 258. The highest BCUT2D eigenvalue weighted by molar-refractivity contribution is 6.43. The molecule has 14 heavy (non-hydrogen) atoms. The minimum absolute atomic E-state index is 0.139. The summed E-state index contributed by atoms with van der Waals surface area (Å²) in [6.45, 7) is 3.63. The number of methoxy groups -OCH3 is 1. The summed E-state index contributed by atoms with van der Waals surface area (Å²) in [6, 6.07) is 0. The number of hydrogen-bond donors (Lipinski definition) is 0. The summed E-state index contributed by atoms with van der Waals surface area (Å²) in [5.41, 5.74) is 0.139. The lowest BCUT2D eigenvalue weighted by Crippen LogP contribution is -2.12. The van der Waals surface area contributed by atoms with Crippen molar-refractivity contribution in [1.82, 2.24) is 0 Å². The minimum Gasteiger partial charge on any atom is -0.465 e. The summed E-state index contributed by atoms with van der Waals surface area (Å²) in [5, 5.41) is -0.214. The molecule has 0 amide bonds. The topological polar surface area (TPSA) is 52.6 Å². The second kappa shape index (κ2) is 6.43. The first-order valence-corrected chi connectivity index (χ1v) is 4.60. The van der Waals surface area contributed by atoms with Crippen LogP contribution in [0, 0.1) is 0 Å². The lowest BCUT2D eigenvalue weighted by molar-refractivity contribution is -0.140. The molecule has 80 valence electrons. The van der Waals surface area contributed by atoms with E-state index in [9.17, 15) is 9.59 Å². The van der Waals surface area contributed by atoms with Gasteiger partial charge in [-0.1, -0.05) is 18.5 Å². The highest BCUT2D eigenvalue weighted by atomic mass is 35.5. The molecule has 0 saturated heterocycles. The van der Waals surface area contributed by atoms with Gasteiger partial charge >= 0.3 is 11.9 Å². The van der Waals surface area contributed by atoms with Crippen LogP contribution >= 0.6 is 11.6 Å². The van der Waals surface area contributed by atoms with Crippen LogP contribution in [-0.2, 0) is 19.1 Å². The van der Waals surface area contributed by atoms with Crippen molar-refractivity contribution in [3.8, 4) is 0 Å². The fourth-order valence-electron chi connectivity index (χ4n) is 0.820. The average molecular weight is 221 g/mol. The Balaban J connectivity index is 4.83. The SMILES string of the molecule is CCOC(=O)/C(CC)=C(/Cl)C(=O)OC. The van der Waals surface area contributed by atoms with E-state index >= 15 is 0 Å². The van der Waals surface area contributed by atoms with Crippen molar-refractivity contribution in [2.45, 2.75) is 20.3 Å². The van der Waals surface area contributed by atoms with E-state index in [4.69, 9.17) is 16.3 Å². The molecule has 0 spiro atoms. The lowest BCUT2D eigenvalue weighted by Gasteiger charge is -2.06. The molecule has 5 heteroatoms. The number of carbonyl (C=O) groups excluding carboxylic acids is 2. The van der Waals surface area contributed by atoms with Gasteiger partial charge in [0.1, 0.15) is 5.03 Å². The highest BCUT2D eigenvalue weighted by Gasteiger charge is 2.19. The molecule has 0 heterocycles. The van der Waals surface area contributed by atoms with Gasteiger partial charge in [0.05, 0.1) is 19.3 Å². The Kier molecular flexibility index (Phi) is 5.95. The Labute approximate surface area is 87.8 Å². The van der Waals surface area contributed by atoms with Crippen molar-refractivity contribution in [1.29, 1.82) is 0 Å². The van der Waals surface area contributed by atoms with E-state index in [1.54, 1.807) is 13.8 Å². The molecule has 0 fully saturated rings. The minimum atomic E-state index is -0.725. The predicted octanol–water partition coefficient (Wildman–Crippen LogP) is 1.63. The van der Waals surface area contributed by atoms with Crippen LogP contribution in [0.3, 0.4) is 0 Å². The van der Waals surface area contributed by atoms with Crippen LogP contribution < -0.4 is 0 Å². The molecule has 0 unspecified atom stereocenters. The summed E-state index contributed by atoms with van der Waals surface area (Å²) < 4.78 is 9.11. The van der Waals surface area contributed by atoms with E-state index < -0.39 is 11.9 Å². The molecule has 0 rings (SSSR count). The van der Waals surface area contributed by atoms with Crippen LogP contribution in [0.4, 0.5) is 0 Å². The van der Waals surface area contributed by atoms with Crippen LogP contribution in [0.5, 0.6) is 0 Å². The summed E-state index contributed by atoms with van der Waals surface area (Å²) in [6.07, 6.45) is 0.326. The molecule has 0 radical (unpaired) electrons. The molecule has 0 aliphatic rings. The molecule has 0 aromatic carbocycles. The maximum atomic E-state index is 11.3. The van der Waals surface area contributed by atoms with Crippen molar-refractivity contribution in [2.75, 3.05) is 13.7 Å². The maximum Gasteiger partial charge on any atom is 0.350 e. The number of halogens is 1. The number of carbonyl (C=O) groups is 2. The van der Waals surface area contributed by atoms with Gasteiger partial charge in [-0.2, -0.15) is 0 Å². The third kappa shape index (κ3) is 3.38. The van der Waals surface area contributed by atoms with Crippen molar-refractivity contribution in [3.63, 3.8) is 0 Å². The number of esters is 2. The van der Waals surface area contributed by atoms with Gasteiger partial charge in [0.15, 0.2) is 0 Å². The van der Waals surface area contributed by atoms with E-state index in [1.165, 1.54) is 7.11 Å².